The van der Waals surface area contributed by atoms with Crippen LogP contribution in [0.25, 0.3) is 0 Å². The normalized spacial score (nSPS) is 15.1. The summed E-state index contributed by atoms with van der Waals surface area (Å²) < 4.78 is 32.5. The fraction of sp³-hybridized carbons (Fsp3) is 0.532. The molecule has 0 rings (SSSR count). The van der Waals surface area contributed by atoms with Crippen LogP contribution >= 0.6 is 7.82 Å². The van der Waals surface area contributed by atoms with Gasteiger partial charge >= 0.3 is 19.8 Å². The van der Waals surface area contributed by atoms with E-state index in [1.165, 1.54) is 19.3 Å². The first-order valence-corrected chi connectivity index (χ1v) is 22.6. The SMILES string of the molecule is CC/C=C\C/C=C\C/C=C\C/C=C\C=C/C(O)C/C=C\CCC(=O)OC[C@H](COP(=O)(O)OCCN)OC(=O)CCC/C=C\C/C=C\C/C=C\C/C=C\CCCCC. The second-order valence-electron chi connectivity index (χ2n) is 13.3. The molecule has 10 nitrogen and oxygen atoms in total. The monoisotopic (exact) mass is 828 g/mol. The van der Waals surface area contributed by atoms with Crippen molar-refractivity contribution in [2.75, 3.05) is 26.4 Å². The topological polar surface area (TPSA) is 155 Å². The third kappa shape index (κ3) is 40.6. The Kier molecular flexibility index (Phi) is 38.9. The minimum Gasteiger partial charge on any atom is -0.462 e. The Morgan fingerprint density at radius 1 is 0.621 bits per heavy atom. The van der Waals surface area contributed by atoms with Gasteiger partial charge in [-0.25, -0.2) is 4.57 Å². The Balaban J connectivity index is 4.51. The molecule has 0 aromatic carbocycles. The molecule has 0 saturated carbocycles. The van der Waals surface area contributed by atoms with Crippen molar-refractivity contribution in [3.05, 3.63) is 122 Å². The zero-order valence-corrected chi connectivity index (χ0v) is 36.2. The van der Waals surface area contributed by atoms with E-state index in [1.54, 1.807) is 18.2 Å². The van der Waals surface area contributed by atoms with Crippen LogP contribution in [0.4, 0.5) is 0 Å². The summed E-state index contributed by atoms with van der Waals surface area (Å²) in [5.74, 6) is -1.09. The van der Waals surface area contributed by atoms with Crippen molar-refractivity contribution in [1.29, 1.82) is 0 Å². The molecule has 0 aromatic heterocycles. The number of unbranched alkanes of at least 4 members (excludes halogenated alkanes) is 4. The fourth-order valence-electron chi connectivity index (χ4n) is 4.79. The number of phosphoric ester groups is 1. The van der Waals surface area contributed by atoms with Gasteiger partial charge in [0, 0.05) is 19.4 Å². The summed E-state index contributed by atoms with van der Waals surface area (Å²) in [7, 11) is -4.44. The first kappa shape index (κ1) is 54.4. The van der Waals surface area contributed by atoms with Crippen LogP contribution in [0.3, 0.4) is 0 Å². The van der Waals surface area contributed by atoms with Gasteiger partial charge in [0.2, 0.25) is 0 Å². The summed E-state index contributed by atoms with van der Waals surface area (Å²) >= 11 is 0. The highest BCUT2D eigenvalue weighted by Gasteiger charge is 2.25. The minimum absolute atomic E-state index is 0.0134. The predicted octanol–water partition coefficient (Wildman–Crippen LogP) is 11.1. The molecule has 0 aliphatic rings. The lowest BCUT2D eigenvalue weighted by Gasteiger charge is -2.19. The molecular weight excluding hydrogens is 753 g/mol. The largest absolute Gasteiger partial charge is 0.472 e. The third-order valence-electron chi connectivity index (χ3n) is 7.93. The number of aliphatic hydroxyl groups excluding tert-OH is 1. The van der Waals surface area contributed by atoms with Crippen molar-refractivity contribution in [2.24, 2.45) is 5.73 Å². The molecule has 0 amide bonds. The van der Waals surface area contributed by atoms with Crippen LogP contribution in [-0.2, 0) is 32.7 Å². The first-order valence-electron chi connectivity index (χ1n) is 21.1. The molecule has 0 radical (unpaired) electrons. The van der Waals surface area contributed by atoms with E-state index in [0.717, 1.165) is 51.4 Å². The minimum atomic E-state index is -4.44. The van der Waals surface area contributed by atoms with Gasteiger partial charge in [-0.15, -0.1) is 0 Å². The number of hydrogen-bond donors (Lipinski definition) is 3. The predicted molar refractivity (Wildman–Crippen MR) is 239 cm³/mol. The van der Waals surface area contributed by atoms with Gasteiger partial charge in [0.25, 0.3) is 0 Å². The Morgan fingerprint density at radius 2 is 1.17 bits per heavy atom. The van der Waals surface area contributed by atoms with Crippen LogP contribution in [0, 0.1) is 0 Å². The van der Waals surface area contributed by atoms with Crippen molar-refractivity contribution in [3.8, 4) is 0 Å². The summed E-state index contributed by atoms with van der Waals surface area (Å²) in [6.07, 6.45) is 52.7. The van der Waals surface area contributed by atoms with E-state index in [4.69, 9.17) is 24.3 Å². The van der Waals surface area contributed by atoms with Crippen LogP contribution in [0.5, 0.6) is 0 Å². The third-order valence-corrected chi connectivity index (χ3v) is 8.91. The number of phosphoric acid groups is 1. The molecule has 0 saturated heterocycles. The highest BCUT2D eigenvalue weighted by Crippen LogP contribution is 2.43. The standard InChI is InChI=1S/C47H74NO9P/c1-3-5-7-9-11-13-15-17-18-19-20-22-24-26-28-30-34-39-47(51)57-45(43-56-58(52,53)55-41-40-48)42-54-46(50)38-35-31-33-37-44(49)36-32-29-27-25-23-21-16-14-12-10-8-6-4-2/h6,8,11-14,17-18,20-23,26-29,31-33,36,44-45,49H,3-5,7,9-10,15-16,19,24-25,30,34-35,37-43,48H2,1-2H3,(H,52,53)/b8-6-,13-11-,14-12-,18-17-,22-20-,23-21-,28-26-,29-27-,33-31-,36-32-/t44?,45-/m1/s1. The smallest absolute Gasteiger partial charge is 0.462 e. The number of hydrogen-bond acceptors (Lipinski definition) is 9. The summed E-state index contributed by atoms with van der Waals surface area (Å²) in [6.45, 7) is 3.28. The van der Waals surface area contributed by atoms with Crippen molar-refractivity contribution >= 4 is 19.8 Å². The lowest BCUT2D eigenvalue weighted by atomic mass is 10.2. The second kappa shape index (κ2) is 41.5. The Bertz CT molecular complexity index is 1370. The van der Waals surface area contributed by atoms with Crippen LogP contribution < -0.4 is 5.73 Å². The molecule has 58 heavy (non-hydrogen) atoms. The van der Waals surface area contributed by atoms with E-state index in [1.807, 2.05) is 30.4 Å². The maximum atomic E-state index is 12.6. The summed E-state index contributed by atoms with van der Waals surface area (Å²) in [4.78, 5) is 34.8. The van der Waals surface area contributed by atoms with Gasteiger partial charge in [-0.05, 0) is 83.5 Å². The lowest BCUT2D eigenvalue weighted by molar-refractivity contribution is -0.161. The average molecular weight is 828 g/mol. The molecule has 4 N–H and O–H groups in total. The second-order valence-corrected chi connectivity index (χ2v) is 14.8. The molecular formula is C47H74NO9P. The molecule has 0 fully saturated rings. The van der Waals surface area contributed by atoms with Gasteiger partial charge < -0.3 is 25.2 Å². The van der Waals surface area contributed by atoms with Gasteiger partial charge in [0.05, 0.1) is 19.3 Å². The summed E-state index contributed by atoms with van der Waals surface area (Å²) in [5, 5.41) is 10.2. The Morgan fingerprint density at radius 3 is 1.76 bits per heavy atom. The number of allylic oxidation sites excluding steroid dienone is 18. The number of esters is 2. The Labute approximate surface area is 350 Å². The molecule has 2 unspecified atom stereocenters. The van der Waals surface area contributed by atoms with Gasteiger partial charge in [0.1, 0.15) is 6.61 Å². The van der Waals surface area contributed by atoms with Crippen LogP contribution in [0.2, 0.25) is 0 Å². The molecule has 11 heteroatoms. The van der Waals surface area contributed by atoms with Crippen molar-refractivity contribution in [2.45, 2.75) is 135 Å². The number of carbonyl (C=O) groups excluding carboxylic acids is 2. The number of nitrogens with two attached hydrogens (primary N) is 1. The maximum Gasteiger partial charge on any atom is 0.472 e. The maximum absolute atomic E-state index is 12.6. The van der Waals surface area contributed by atoms with Crippen molar-refractivity contribution in [1.82, 2.24) is 0 Å². The van der Waals surface area contributed by atoms with E-state index < -0.39 is 38.6 Å². The van der Waals surface area contributed by atoms with Gasteiger partial charge in [0.15, 0.2) is 6.10 Å². The highest BCUT2D eigenvalue weighted by atomic mass is 31.2. The van der Waals surface area contributed by atoms with Gasteiger partial charge in [-0.3, -0.25) is 18.6 Å². The number of rotatable bonds is 37. The molecule has 0 aliphatic carbocycles. The first-order chi connectivity index (χ1) is 28.2. The van der Waals surface area contributed by atoms with Crippen molar-refractivity contribution in [3.63, 3.8) is 0 Å². The van der Waals surface area contributed by atoms with E-state index in [0.29, 0.717) is 25.7 Å². The summed E-state index contributed by atoms with van der Waals surface area (Å²) in [5.41, 5.74) is 5.33. The number of carbonyl (C=O) groups is 2. The number of aliphatic hydroxyl groups is 1. The van der Waals surface area contributed by atoms with Crippen molar-refractivity contribution < 1.29 is 42.7 Å². The Hall–Kier alpha value is -3.63. The number of ether oxygens (including phenoxy) is 2. The van der Waals surface area contributed by atoms with Gasteiger partial charge in [-0.2, -0.15) is 0 Å². The molecule has 326 valence electrons. The average Bonchev–Trinajstić information content (AvgIpc) is 3.20. The van der Waals surface area contributed by atoms with Crippen LogP contribution in [0.1, 0.15) is 123 Å². The highest BCUT2D eigenvalue weighted by molar-refractivity contribution is 7.47. The van der Waals surface area contributed by atoms with E-state index >= 15 is 0 Å². The summed E-state index contributed by atoms with van der Waals surface area (Å²) in [6, 6.07) is 0. The van der Waals surface area contributed by atoms with Crippen LogP contribution in [0.15, 0.2) is 122 Å². The molecule has 3 atom stereocenters. The van der Waals surface area contributed by atoms with Crippen LogP contribution in [-0.4, -0.2) is 60.5 Å². The molecule has 0 aliphatic heterocycles. The van der Waals surface area contributed by atoms with E-state index in [9.17, 15) is 24.2 Å². The molecule has 0 heterocycles. The molecule has 0 bridgehead atoms. The van der Waals surface area contributed by atoms with E-state index in [2.05, 4.69) is 86.8 Å². The fourth-order valence-corrected chi connectivity index (χ4v) is 5.56. The molecule has 0 spiro atoms. The van der Waals surface area contributed by atoms with E-state index in [-0.39, 0.29) is 32.6 Å². The zero-order chi connectivity index (χ0) is 42.6. The van der Waals surface area contributed by atoms with Gasteiger partial charge in [-0.1, -0.05) is 148 Å². The lowest BCUT2D eigenvalue weighted by Crippen LogP contribution is -2.29. The quantitative estimate of drug-likeness (QED) is 0.0181. The zero-order valence-electron chi connectivity index (χ0n) is 35.3. The molecule has 0 aromatic rings.